The molecule has 0 unspecified atom stereocenters. The summed E-state index contributed by atoms with van der Waals surface area (Å²) in [6, 6.07) is 15.5. The number of nitrogens with one attached hydrogen (secondary N) is 1. The molecule has 0 saturated carbocycles. The van der Waals surface area contributed by atoms with Crippen molar-refractivity contribution in [1.82, 2.24) is 30.1 Å². The van der Waals surface area contributed by atoms with Gasteiger partial charge in [-0.3, -0.25) is 14.5 Å². The fourth-order valence-electron chi connectivity index (χ4n) is 5.11. The molecule has 1 atom stereocenters. The number of hydrogen-bond acceptors (Lipinski definition) is 9. The van der Waals surface area contributed by atoms with Crippen LogP contribution >= 0.6 is 0 Å². The van der Waals surface area contributed by atoms with Gasteiger partial charge in [-0.05, 0) is 47.4 Å². The zero-order valence-electron chi connectivity index (χ0n) is 23.0. The van der Waals surface area contributed by atoms with E-state index in [2.05, 4.69) is 51.4 Å². The molecule has 1 aliphatic rings. The van der Waals surface area contributed by atoms with E-state index in [1.807, 2.05) is 36.4 Å². The molecule has 0 amide bonds. The lowest BCUT2D eigenvalue weighted by Gasteiger charge is -2.33. The number of H-pyrrole nitrogens is 1. The van der Waals surface area contributed by atoms with Crippen LogP contribution in [0.15, 0.2) is 53.3 Å². The zero-order valence-corrected chi connectivity index (χ0v) is 23.0. The van der Waals surface area contributed by atoms with E-state index in [-0.39, 0.29) is 30.7 Å². The van der Waals surface area contributed by atoms with Gasteiger partial charge in [-0.1, -0.05) is 44.2 Å². The number of tetrazole rings is 1. The smallest absolute Gasteiger partial charge is 0.327 e. The van der Waals surface area contributed by atoms with Crippen LogP contribution in [0.1, 0.15) is 43.8 Å². The zero-order chi connectivity index (χ0) is 28.1. The third-order valence-corrected chi connectivity index (χ3v) is 6.92. The number of esters is 1. The lowest BCUT2D eigenvalue weighted by Crippen LogP contribution is -2.37. The van der Waals surface area contributed by atoms with Crippen molar-refractivity contribution < 1.29 is 19.0 Å². The fraction of sp³-hybridized carbons (Fsp3) is 0.414. The average molecular weight is 547 g/mol. The van der Waals surface area contributed by atoms with E-state index in [4.69, 9.17) is 14.2 Å². The molecule has 11 heteroatoms. The van der Waals surface area contributed by atoms with E-state index in [0.717, 1.165) is 11.8 Å². The van der Waals surface area contributed by atoms with Gasteiger partial charge in [0.1, 0.15) is 19.8 Å². The van der Waals surface area contributed by atoms with Crippen molar-refractivity contribution in [3.05, 3.63) is 75.8 Å². The van der Waals surface area contributed by atoms with Gasteiger partial charge in [-0.15, -0.1) is 5.10 Å². The number of hydrogen-bond donors (Lipinski definition) is 1. The van der Waals surface area contributed by atoms with Crippen LogP contribution in [0.5, 0.6) is 11.5 Å². The largest absolute Gasteiger partial charge is 0.486 e. The Hall–Kier alpha value is -4.25. The second-order valence-corrected chi connectivity index (χ2v) is 10.1. The molecule has 210 valence electrons. The van der Waals surface area contributed by atoms with Crippen LogP contribution in [0.3, 0.4) is 0 Å². The summed E-state index contributed by atoms with van der Waals surface area (Å²) >= 11 is 0. The minimum atomic E-state index is -0.408. The molecule has 2 aromatic carbocycles. The summed E-state index contributed by atoms with van der Waals surface area (Å²) in [6.07, 6.45) is 0.758. The van der Waals surface area contributed by atoms with Gasteiger partial charge in [0, 0.05) is 30.1 Å². The maximum Gasteiger partial charge on any atom is 0.327 e. The summed E-state index contributed by atoms with van der Waals surface area (Å²) < 4.78 is 18.1. The highest BCUT2D eigenvalue weighted by molar-refractivity contribution is 5.83. The Bertz CT molecular complexity index is 1520. The molecule has 1 aliphatic heterocycles. The SMILES string of the molecule is CCOC(=O)Cn1nnnc1[C@H](C(C)C)N(CCc1ccccc1)Cc1cc2cc3c(cc2[nH]c1=O)OCCO3. The van der Waals surface area contributed by atoms with E-state index in [0.29, 0.717) is 54.7 Å². The molecule has 0 radical (unpaired) electrons. The summed E-state index contributed by atoms with van der Waals surface area (Å²) in [5.74, 6) is 1.50. The molecule has 1 N–H and O–H groups in total. The number of fused-ring (bicyclic) bond motifs is 2. The number of benzene rings is 2. The van der Waals surface area contributed by atoms with Gasteiger partial charge in [-0.2, -0.15) is 0 Å². The first kappa shape index (κ1) is 27.3. The first-order valence-corrected chi connectivity index (χ1v) is 13.6. The van der Waals surface area contributed by atoms with Crippen molar-refractivity contribution in [3.8, 4) is 11.5 Å². The standard InChI is InChI=1S/C29H34N6O5/c1-4-38-26(36)18-35-28(31-32-33-35)27(19(2)3)34(11-10-20-8-6-5-7-9-20)17-22-14-21-15-24-25(40-13-12-39-24)16-23(21)30-29(22)37/h5-9,14-16,19,27H,4,10-13,17-18H2,1-3H3,(H,30,37)/t27-/m0/s1. The van der Waals surface area contributed by atoms with Gasteiger partial charge in [-0.25, -0.2) is 4.68 Å². The monoisotopic (exact) mass is 546 g/mol. The van der Waals surface area contributed by atoms with Crippen molar-refractivity contribution >= 4 is 16.9 Å². The van der Waals surface area contributed by atoms with Gasteiger partial charge in [0.2, 0.25) is 0 Å². The fourth-order valence-corrected chi connectivity index (χ4v) is 5.11. The summed E-state index contributed by atoms with van der Waals surface area (Å²) in [7, 11) is 0. The first-order chi connectivity index (χ1) is 19.4. The summed E-state index contributed by atoms with van der Waals surface area (Å²) in [5.41, 5.74) is 2.29. The third kappa shape index (κ3) is 6.15. The van der Waals surface area contributed by atoms with E-state index in [9.17, 15) is 9.59 Å². The number of pyridine rings is 1. The second kappa shape index (κ2) is 12.3. The molecular weight excluding hydrogens is 512 g/mol. The van der Waals surface area contributed by atoms with E-state index >= 15 is 0 Å². The molecule has 0 bridgehead atoms. The Morgan fingerprint density at radius 2 is 1.88 bits per heavy atom. The van der Waals surface area contributed by atoms with E-state index in [1.54, 1.807) is 6.92 Å². The number of carbonyl (C=O) groups excluding carboxylic acids is 1. The Morgan fingerprint density at radius 3 is 2.60 bits per heavy atom. The Kier molecular flexibility index (Phi) is 8.40. The van der Waals surface area contributed by atoms with E-state index < -0.39 is 5.97 Å². The topological polar surface area (TPSA) is 124 Å². The maximum absolute atomic E-state index is 13.3. The molecular formula is C29H34N6O5. The van der Waals surface area contributed by atoms with E-state index in [1.165, 1.54) is 10.2 Å². The number of rotatable bonds is 11. The van der Waals surface area contributed by atoms with Crippen LogP contribution in [-0.4, -0.2) is 62.4 Å². The van der Waals surface area contributed by atoms with Crippen molar-refractivity contribution in [2.75, 3.05) is 26.4 Å². The number of carbonyl (C=O) groups is 1. The molecule has 0 fully saturated rings. The highest BCUT2D eigenvalue weighted by atomic mass is 16.6. The van der Waals surface area contributed by atoms with Crippen molar-refractivity contribution in [3.63, 3.8) is 0 Å². The van der Waals surface area contributed by atoms with Gasteiger partial charge in [0.05, 0.1) is 18.2 Å². The van der Waals surface area contributed by atoms with Gasteiger partial charge in [0.25, 0.3) is 5.56 Å². The number of aromatic nitrogens is 5. The van der Waals surface area contributed by atoms with Crippen molar-refractivity contribution in [2.45, 2.75) is 46.3 Å². The third-order valence-electron chi connectivity index (χ3n) is 6.92. The molecule has 4 aromatic rings. The minimum absolute atomic E-state index is 0.0693. The van der Waals surface area contributed by atoms with Gasteiger partial charge in [0.15, 0.2) is 17.3 Å². The lowest BCUT2D eigenvalue weighted by atomic mass is 9.99. The molecule has 2 aromatic heterocycles. The Balaban J connectivity index is 1.50. The minimum Gasteiger partial charge on any atom is -0.486 e. The quantitative estimate of drug-likeness (QED) is 0.282. The molecule has 11 nitrogen and oxygen atoms in total. The van der Waals surface area contributed by atoms with Crippen LogP contribution in [0.25, 0.3) is 10.9 Å². The summed E-state index contributed by atoms with van der Waals surface area (Å²) in [5, 5.41) is 13.1. The summed E-state index contributed by atoms with van der Waals surface area (Å²) in [4.78, 5) is 30.8. The lowest BCUT2D eigenvalue weighted by molar-refractivity contribution is -0.144. The normalized spacial score (nSPS) is 13.6. The predicted molar refractivity (Wildman–Crippen MR) is 148 cm³/mol. The van der Waals surface area contributed by atoms with Crippen LogP contribution in [-0.2, 0) is 29.0 Å². The molecule has 0 aliphatic carbocycles. The molecule has 5 rings (SSSR count). The molecule has 3 heterocycles. The second-order valence-electron chi connectivity index (χ2n) is 10.1. The van der Waals surface area contributed by atoms with Crippen LogP contribution in [0, 0.1) is 5.92 Å². The van der Waals surface area contributed by atoms with Crippen LogP contribution < -0.4 is 15.0 Å². The number of ether oxygens (including phenoxy) is 3. The van der Waals surface area contributed by atoms with Gasteiger partial charge < -0.3 is 19.2 Å². The van der Waals surface area contributed by atoms with Gasteiger partial charge >= 0.3 is 5.97 Å². The highest BCUT2D eigenvalue weighted by Gasteiger charge is 2.30. The highest BCUT2D eigenvalue weighted by Crippen LogP contribution is 2.34. The van der Waals surface area contributed by atoms with Crippen LogP contribution in [0.2, 0.25) is 0 Å². The molecule has 0 saturated heterocycles. The Morgan fingerprint density at radius 1 is 1.12 bits per heavy atom. The Labute approximate surface area is 232 Å². The van der Waals surface area contributed by atoms with Crippen LogP contribution in [0.4, 0.5) is 0 Å². The average Bonchev–Trinajstić information content (AvgIpc) is 3.38. The number of nitrogens with zero attached hydrogens (tertiary/aromatic N) is 5. The van der Waals surface area contributed by atoms with Crippen molar-refractivity contribution in [2.24, 2.45) is 5.92 Å². The summed E-state index contributed by atoms with van der Waals surface area (Å²) in [6.45, 7) is 8.06. The van der Waals surface area contributed by atoms with Crippen molar-refractivity contribution in [1.29, 1.82) is 0 Å². The number of aromatic amines is 1. The first-order valence-electron chi connectivity index (χ1n) is 13.6. The molecule has 40 heavy (non-hydrogen) atoms. The predicted octanol–water partition coefficient (Wildman–Crippen LogP) is 3.29. The molecule has 0 spiro atoms. The maximum atomic E-state index is 13.3.